The Hall–Kier alpha value is -2.78. The van der Waals surface area contributed by atoms with Crippen LogP contribution in [0.1, 0.15) is 29.6 Å². The first-order chi connectivity index (χ1) is 13.8. The molecular weight excluding hydrogens is 418 g/mol. The fourth-order valence-electron chi connectivity index (χ4n) is 3.25. The molecule has 3 aromatic rings. The molecule has 29 heavy (non-hydrogen) atoms. The molecule has 152 valence electrons. The van der Waals surface area contributed by atoms with E-state index in [1.807, 2.05) is 13.8 Å². The minimum Gasteiger partial charge on any atom is -0.442 e. The standard InChI is InChI=1S/C19H18ClN3O5S/c1-10(2)23-13-4-3-11(7-14(13)28-19(23)26)22-9-12(27-18(22)25)8-21-17(24)15-5-6-16(20)29-15/h3-7,10,12H,8-9H2,1-2H3,(H,21,24). The summed E-state index contributed by atoms with van der Waals surface area (Å²) >= 11 is 7.02. The monoisotopic (exact) mass is 435 g/mol. The van der Waals surface area contributed by atoms with E-state index in [1.54, 1.807) is 34.9 Å². The maximum atomic E-state index is 12.3. The highest BCUT2D eigenvalue weighted by molar-refractivity contribution is 7.17. The van der Waals surface area contributed by atoms with E-state index in [4.69, 9.17) is 20.8 Å². The molecule has 1 saturated heterocycles. The Morgan fingerprint density at radius 2 is 2.10 bits per heavy atom. The second kappa shape index (κ2) is 7.57. The lowest BCUT2D eigenvalue weighted by molar-refractivity contribution is 0.0920. The van der Waals surface area contributed by atoms with Gasteiger partial charge >= 0.3 is 11.8 Å². The average Bonchev–Trinajstić information content (AvgIpc) is 3.35. The van der Waals surface area contributed by atoms with E-state index in [2.05, 4.69) is 5.32 Å². The molecule has 0 bridgehead atoms. The number of aromatic nitrogens is 1. The van der Waals surface area contributed by atoms with Gasteiger partial charge in [0, 0.05) is 12.1 Å². The molecule has 1 atom stereocenters. The van der Waals surface area contributed by atoms with Crippen molar-refractivity contribution in [2.24, 2.45) is 0 Å². The van der Waals surface area contributed by atoms with Crippen LogP contribution in [0.25, 0.3) is 11.1 Å². The first kappa shape index (κ1) is 19.5. The number of ether oxygens (including phenoxy) is 1. The molecule has 1 unspecified atom stereocenters. The van der Waals surface area contributed by atoms with Crippen molar-refractivity contribution in [2.75, 3.05) is 18.0 Å². The molecule has 3 heterocycles. The number of nitrogens with zero attached hydrogens (tertiary/aromatic N) is 2. The zero-order valence-electron chi connectivity index (χ0n) is 15.7. The summed E-state index contributed by atoms with van der Waals surface area (Å²) in [4.78, 5) is 38.4. The third-order valence-electron chi connectivity index (χ3n) is 4.59. The summed E-state index contributed by atoms with van der Waals surface area (Å²) < 4.78 is 12.7. The minimum atomic E-state index is -0.520. The molecule has 1 fully saturated rings. The largest absolute Gasteiger partial charge is 0.442 e. The Morgan fingerprint density at radius 3 is 2.79 bits per heavy atom. The van der Waals surface area contributed by atoms with E-state index < -0.39 is 18.0 Å². The van der Waals surface area contributed by atoms with E-state index in [0.717, 1.165) is 0 Å². The quantitative estimate of drug-likeness (QED) is 0.660. The molecule has 4 rings (SSSR count). The zero-order valence-corrected chi connectivity index (χ0v) is 17.2. The number of anilines is 1. The molecule has 0 aliphatic carbocycles. The summed E-state index contributed by atoms with van der Waals surface area (Å²) in [6, 6.07) is 8.38. The lowest BCUT2D eigenvalue weighted by atomic mass is 10.2. The van der Waals surface area contributed by atoms with Crippen molar-refractivity contribution in [1.82, 2.24) is 9.88 Å². The van der Waals surface area contributed by atoms with Crippen LogP contribution in [0.2, 0.25) is 4.34 Å². The molecule has 1 N–H and O–H groups in total. The lowest BCUT2D eigenvalue weighted by Gasteiger charge is -2.13. The summed E-state index contributed by atoms with van der Waals surface area (Å²) in [6.07, 6.45) is -1.02. The number of halogens is 1. The number of fused-ring (bicyclic) bond motifs is 1. The van der Waals surface area contributed by atoms with E-state index in [9.17, 15) is 14.4 Å². The van der Waals surface area contributed by atoms with Gasteiger partial charge in [0.15, 0.2) is 5.58 Å². The number of oxazole rings is 1. The predicted octanol–water partition coefficient (Wildman–Crippen LogP) is 3.65. The molecule has 2 amide bonds. The number of thiophene rings is 1. The first-order valence-electron chi connectivity index (χ1n) is 9.00. The van der Waals surface area contributed by atoms with Crippen LogP contribution in [-0.2, 0) is 4.74 Å². The number of nitrogens with one attached hydrogen (secondary N) is 1. The number of carbonyl (C=O) groups excluding carboxylic acids is 2. The Kier molecular flexibility index (Phi) is 5.10. The highest BCUT2D eigenvalue weighted by Crippen LogP contribution is 2.27. The second-order valence-corrected chi connectivity index (χ2v) is 8.63. The summed E-state index contributed by atoms with van der Waals surface area (Å²) in [6.45, 7) is 4.23. The number of rotatable bonds is 5. The average molecular weight is 436 g/mol. The molecule has 0 spiro atoms. The van der Waals surface area contributed by atoms with Gasteiger partial charge in [-0.3, -0.25) is 14.3 Å². The van der Waals surface area contributed by atoms with Crippen molar-refractivity contribution in [1.29, 1.82) is 0 Å². The third-order valence-corrected chi connectivity index (χ3v) is 5.82. The van der Waals surface area contributed by atoms with Crippen molar-refractivity contribution >= 4 is 51.7 Å². The van der Waals surface area contributed by atoms with Crippen LogP contribution in [-0.4, -0.2) is 35.8 Å². The molecule has 0 radical (unpaired) electrons. The SMILES string of the molecule is CC(C)n1c(=O)oc2cc(N3CC(CNC(=O)c4ccc(Cl)s4)OC3=O)ccc21. The van der Waals surface area contributed by atoms with E-state index in [0.29, 0.717) is 26.0 Å². The number of cyclic esters (lactones) is 1. The number of benzene rings is 1. The fourth-order valence-corrected chi connectivity index (χ4v) is 4.21. The number of hydrogen-bond donors (Lipinski definition) is 1. The molecule has 1 aliphatic heterocycles. The molecule has 2 aromatic heterocycles. The summed E-state index contributed by atoms with van der Waals surface area (Å²) in [5.41, 5.74) is 1.63. The van der Waals surface area contributed by atoms with Gasteiger partial charge in [0.2, 0.25) is 0 Å². The Balaban J connectivity index is 1.46. The summed E-state index contributed by atoms with van der Waals surface area (Å²) in [5.74, 6) is -0.708. The van der Waals surface area contributed by atoms with Gasteiger partial charge in [0.05, 0.1) is 33.5 Å². The van der Waals surface area contributed by atoms with E-state index in [-0.39, 0.29) is 25.0 Å². The second-order valence-electron chi connectivity index (χ2n) is 6.91. The first-order valence-corrected chi connectivity index (χ1v) is 10.2. The van der Waals surface area contributed by atoms with Gasteiger partial charge in [-0.05, 0) is 38.1 Å². The van der Waals surface area contributed by atoms with Gasteiger partial charge in [-0.1, -0.05) is 11.6 Å². The number of carbonyl (C=O) groups is 2. The molecule has 1 aromatic carbocycles. The van der Waals surface area contributed by atoms with Crippen LogP contribution in [0.4, 0.5) is 10.5 Å². The van der Waals surface area contributed by atoms with Crippen LogP contribution >= 0.6 is 22.9 Å². The maximum absolute atomic E-state index is 12.3. The number of amides is 2. The van der Waals surface area contributed by atoms with Gasteiger partial charge in [-0.25, -0.2) is 9.59 Å². The van der Waals surface area contributed by atoms with Gasteiger partial charge in [-0.15, -0.1) is 11.3 Å². The molecular formula is C19H18ClN3O5S. The van der Waals surface area contributed by atoms with Crippen LogP contribution in [0.5, 0.6) is 0 Å². The normalized spacial score (nSPS) is 16.6. The van der Waals surface area contributed by atoms with Crippen LogP contribution in [0.15, 0.2) is 39.5 Å². The van der Waals surface area contributed by atoms with E-state index in [1.165, 1.54) is 16.2 Å². The maximum Gasteiger partial charge on any atom is 0.420 e. The van der Waals surface area contributed by atoms with Crippen molar-refractivity contribution < 1.29 is 18.7 Å². The van der Waals surface area contributed by atoms with Crippen molar-refractivity contribution in [3.05, 3.63) is 50.1 Å². The van der Waals surface area contributed by atoms with Crippen LogP contribution in [0, 0.1) is 0 Å². The number of hydrogen-bond acceptors (Lipinski definition) is 6. The molecule has 10 heteroatoms. The smallest absolute Gasteiger partial charge is 0.420 e. The Labute approximate surface area is 174 Å². The Morgan fingerprint density at radius 1 is 1.31 bits per heavy atom. The Bertz CT molecular complexity index is 1150. The molecule has 1 aliphatic rings. The van der Waals surface area contributed by atoms with Crippen LogP contribution < -0.4 is 16.0 Å². The third kappa shape index (κ3) is 3.75. The highest BCUT2D eigenvalue weighted by atomic mass is 35.5. The van der Waals surface area contributed by atoms with E-state index >= 15 is 0 Å². The van der Waals surface area contributed by atoms with Crippen LogP contribution in [0.3, 0.4) is 0 Å². The van der Waals surface area contributed by atoms with Crippen molar-refractivity contribution in [3.8, 4) is 0 Å². The summed E-state index contributed by atoms with van der Waals surface area (Å²) in [5, 5.41) is 2.75. The summed E-state index contributed by atoms with van der Waals surface area (Å²) in [7, 11) is 0. The van der Waals surface area contributed by atoms with Gasteiger partial charge in [-0.2, -0.15) is 0 Å². The zero-order chi connectivity index (χ0) is 20.7. The predicted molar refractivity (Wildman–Crippen MR) is 110 cm³/mol. The van der Waals surface area contributed by atoms with Crippen molar-refractivity contribution in [2.45, 2.75) is 26.0 Å². The molecule has 8 nitrogen and oxygen atoms in total. The van der Waals surface area contributed by atoms with Gasteiger partial charge < -0.3 is 14.5 Å². The van der Waals surface area contributed by atoms with Gasteiger partial charge in [0.25, 0.3) is 5.91 Å². The highest BCUT2D eigenvalue weighted by Gasteiger charge is 2.33. The fraction of sp³-hybridized carbons (Fsp3) is 0.316. The molecule has 0 saturated carbocycles. The lowest BCUT2D eigenvalue weighted by Crippen LogP contribution is -2.34. The van der Waals surface area contributed by atoms with Gasteiger partial charge in [0.1, 0.15) is 6.10 Å². The topological polar surface area (TPSA) is 93.8 Å². The minimum absolute atomic E-state index is 0.0439. The van der Waals surface area contributed by atoms with Crippen molar-refractivity contribution in [3.63, 3.8) is 0 Å².